The molecule has 4 nitrogen and oxygen atoms in total. The van der Waals surface area contributed by atoms with Crippen LogP contribution in [0.15, 0.2) is 29.3 Å². The largest absolute Gasteiger partial charge is 0.470 e. The molecule has 5 heteroatoms. The lowest BCUT2D eigenvalue weighted by atomic mass is 10.5. The van der Waals surface area contributed by atoms with E-state index in [-0.39, 0.29) is 0 Å². The number of aryl methyl sites for hydroxylation is 1. The Morgan fingerprint density at radius 1 is 1.58 bits per heavy atom. The molecule has 0 aliphatic rings. The highest BCUT2D eigenvalue weighted by atomic mass is 32.1. The van der Waals surface area contributed by atoms with Crippen molar-refractivity contribution in [2.45, 2.75) is 0 Å². The molecule has 0 aliphatic heterocycles. The fourth-order valence-electron chi connectivity index (χ4n) is 0.932. The maximum absolute atomic E-state index is 5.10. The molecule has 0 bridgehead atoms. The molecule has 2 aromatic heterocycles. The summed E-state index contributed by atoms with van der Waals surface area (Å²) in [4.78, 5) is 0. The first-order chi connectivity index (χ1) is 5.79. The molecule has 0 fully saturated rings. The third kappa shape index (κ3) is 0.984. The van der Waals surface area contributed by atoms with Crippen molar-refractivity contribution >= 4 is 12.2 Å². The summed E-state index contributed by atoms with van der Waals surface area (Å²) >= 11 is 5.10. The molecule has 12 heavy (non-hydrogen) atoms. The zero-order valence-corrected chi connectivity index (χ0v) is 7.28. The summed E-state index contributed by atoms with van der Waals surface area (Å²) in [5.74, 6) is 0. The van der Waals surface area contributed by atoms with Gasteiger partial charge in [-0.05, 0) is 12.2 Å². The highest BCUT2D eigenvalue weighted by Crippen LogP contribution is 2.06. The Bertz CT molecular complexity index is 426. The molecule has 0 amide bonds. The summed E-state index contributed by atoms with van der Waals surface area (Å²) in [6, 6.07) is 1.81. The van der Waals surface area contributed by atoms with Crippen LogP contribution >= 0.6 is 12.2 Å². The van der Waals surface area contributed by atoms with Crippen LogP contribution in [0, 0.1) is 4.77 Å². The second kappa shape index (κ2) is 2.60. The molecule has 0 N–H and O–H groups in total. The van der Waals surface area contributed by atoms with Gasteiger partial charge in [0, 0.05) is 13.1 Å². The van der Waals surface area contributed by atoms with Gasteiger partial charge < -0.3 is 8.98 Å². The Kier molecular flexibility index (Phi) is 1.58. The molecule has 0 aliphatic carbocycles. The van der Waals surface area contributed by atoms with Crippen LogP contribution < -0.4 is 0 Å². The highest BCUT2D eigenvalue weighted by molar-refractivity contribution is 7.71. The van der Waals surface area contributed by atoms with Gasteiger partial charge in [-0.2, -0.15) is 5.10 Å². The first-order valence-electron chi connectivity index (χ1n) is 3.42. The van der Waals surface area contributed by atoms with Gasteiger partial charge in [-0.3, -0.25) is 0 Å². The summed E-state index contributed by atoms with van der Waals surface area (Å²) in [6.07, 6.45) is 4.85. The van der Waals surface area contributed by atoms with E-state index in [0.717, 1.165) is 5.69 Å². The fraction of sp³-hybridized carbons (Fsp3) is 0.143. The van der Waals surface area contributed by atoms with E-state index in [1.807, 2.05) is 13.1 Å². The molecule has 0 spiro atoms. The van der Waals surface area contributed by atoms with Gasteiger partial charge in [0.15, 0.2) is 0 Å². The predicted octanol–water partition coefficient (Wildman–Crippen LogP) is 1.53. The zero-order valence-electron chi connectivity index (χ0n) is 6.47. The van der Waals surface area contributed by atoms with Gasteiger partial charge >= 0.3 is 0 Å². The molecule has 2 rings (SSSR count). The van der Waals surface area contributed by atoms with Crippen LogP contribution in [-0.2, 0) is 7.05 Å². The Morgan fingerprint density at radius 2 is 2.42 bits per heavy atom. The van der Waals surface area contributed by atoms with Crippen LogP contribution in [0.4, 0.5) is 0 Å². The standard InChI is InChI=1S/C7H7N3OS/c1-9-5-8-10(7(9)12)6-2-3-11-4-6/h2-5H,1H3. The van der Waals surface area contributed by atoms with E-state index in [0.29, 0.717) is 4.77 Å². The minimum atomic E-state index is 0.649. The van der Waals surface area contributed by atoms with Gasteiger partial charge in [-0.25, -0.2) is 4.68 Å². The minimum Gasteiger partial charge on any atom is -0.470 e. The van der Waals surface area contributed by atoms with Crippen LogP contribution in [0.1, 0.15) is 0 Å². The average Bonchev–Trinajstić information content (AvgIpc) is 2.64. The molecule has 0 saturated heterocycles. The predicted molar refractivity (Wildman–Crippen MR) is 45.6 cm³/mol. The van der Waals surface area contributed by atoms with E-state index in [1.165, 1.54) is 0 Å². The monoisotopic (exact) mass is 181 g/mol. The second-order valence-electron chi connectivity index (χ2n) is 2.42. The lowest BCUT2D eigenvalue weighted by Crippen LogP contribution is -1.95. The molecule has 0 aromatic carbocycles. The van der Waals surface area contributed by atoms with Gasteiger partial charge in [0.2, 0.25) is 4.77 Å². The first kappa shape index (κ1) is 7.30. The van der Waals surface area contributed by atoms with E-state index in [2.05, 4.69) is 5.10 Å². The number of aromatic nitrogens is 3. The van der Waals surface area contributed by atoms with Crippen LogP contribution in [0.3, 0.4) is 0 Å². The second-order valence-corrected chi connectivity index (χ2v) is 2.78. The highest BCUT2D eigenvalue weighted by Gasteiger charge is 2.01. The van der Waals surface area contributed by atoms with Gasteiger partial charge in [0.1, 0.15) is 18.3 Å². The summed E-state index contributed by atoms with van der Waals surface area (Å²) in [7, 11) is 1.85. The molecular formula is C7H7N3OS. The summed E-state index contributed by atoms with van der Waals surface area (Å²) in [6.45, 7) is 0. The number of hydrogen-bond donors (Lipinski definition) is 0. The molecule has 0 radical (unpaired) electrons. The third-order valence-electron chi connectivity index (χ3n) is 1.57. The lowest BCUT2D eigenvalue weighted by molar-refractivity contribution is 0.564. The number of furan rings is 1. The van der Waals surface area contributed by atoms with Crippen molar-refractivity contribution < 1.29 is 4.42 Å². The van der Waals surface area contributed by atoms with Gasteiger partial charge in [-0.1, -0.05) is 0 Å². The summed E-state index contributed by atoms with van der Waals surface area (Å²) in [5.41, 5.74) is 0.848. The number of nitrogens with zero attached hydrogens (tertiary/aromatic N) is 3. The first-order valence-corrected chi connectivity index (χ1v) is 3.83. The number of rotatable bonds is 1. The molecule has 62 valence electrons. The van der Waals surface area contributed by atoms with Gasteiger partial charge in [0.05, 0.1) is 6.26 Å². The maximum Gasteiger partial charge on any atom is 0.202 e. The van der Waals surface area contributed by atoms with Crippen molar-refractivity contribution in [2.24, 2.45) is 7.05 Å². The Labute approximate surface area is 74.0 Å². The Balaban J connectivity index is 2.63. The van der Waals surface area contributed by atoms with Crippen molar-refractivity contribution in [2.75, 3.05) is 0 Å². The van der Waals surface area contributed by atoms with E-state index < -0.39 is 0 Å². The summed E-state index contributed by atoms with van der Waals surface area (Å²) < 4.78 is 8.97. The molecular weight excluding hydrogens is 174 g/mol. The zero-order chi connectivity index (χ0) is 8.55. The van der Waals surface area contributed by atoms with Crippen LogP contribution in [-0.4, -0.2) is 14.3 Å². The molecule has 0 atom stereocenters. The van der Waals surface area contributed by atoms with Crippen molar-refractivity contribution in [1.82, 2.24) is 14.3 Å². The van der Waals surface area contributed by atoms with Crippen LogP contribution in [0.5, 0.6) is 0 Å². The molecule has 2 heterocycles. The lowest BCUT2D eigenvalue weighted by Gasteiger charge is -1.92. The minimum absolute atomic E-state index is 0.649. The van der Waals surface area contributed by atoms with Crippen molar-refractivity contribution in [3.63, 3.8) is 0 Å². The van der Waals surface area contributed by atoms with Crippen molar-refractivity contribution in [3.8, 4) is 5.69 Å². The van der Waals surface area contributed by atoms with Gasteiger partial charge in [0.25, 0.3) is 0 Å². The fourth-order valence-corrected chi connectivity index (χ4v) is 1.13. The SMILES string of the molecule is Cn1cnn(-c2ccoc2)c1=S. The quantitative estimate of drug-likeness (QED) is 0.626. The topological polar surface area (TPSA) is 35.9 Å². The van der Waals surface area contributed by atoms with Crippen LogP contribution in [0.25, 0.3) is 5.69 Å². The molecule has 0 unspecified atom stereocenters. The van der Waals surface area contributed by atoms with E-state index >= 15 is 0 Å². The van der Waals surface area contributed by atoms with E-state index in [4.69, 9.17) is 16.6 Å². The maximum atomic E-state index is 5.10. The summed E-state index contributed by atoms with van der Waals surface area (Å²) in [5, 5.41) is 4.07. The average molecular weight is 181 g/mol. The van der Waals surface area contributed by atoms with Crippen molar-refractivity contribution in [1.29, 1.82) is 0 Å². The normalized spacial score (nSPS) is 10.4. The van der Waals surface area contributed by atoms with Gasteiger partial charge in [-0.15, -0.1) is 0 Å². The van der Waals surface area contributed by atoms with Crippen molar-refractivity contribution in [3.05, 3.63) is 29.7 Å². The molecule has 0 saturated carbocycles. The van der Waals surface area contributed by atoms with E-state index in [9.17, 15) is 0 Å². The Hall–Kier alpha value is -1.36. The smallest absolute Gasteiger partial charge is 0.202 e. The third-order valence-corrected chi connectivity index (χ3v) is 2.03. The van der Waals surface area contributed by atoms with Crippen LogP contribution in [0.2, 0.25) is 0 Å². The molecule has 2 aromatic rings. The van der Waals surface area contributed by atoms with E-state index in [1.54, 1.807) is 28.1 Å². The Morgan fingerprint density at radius 3 is 2.92 bits per heavy atom. The number of hydrogen-bond acceptors (Lipinski definition) is 3.